The summed E-state index contributed by atoms with van der Waals surface area (Å²) in [4.78, 5) is 4.34. The largest absolute Gasteiger partial charge is 0.508 e. The van der Waals surface area contributed by atoms with Gasteiger partial charge >= 0.3 is 0 Å². The van der Waals surface area contributed by atoms with Gasteiger partial charge in [0, 0.05) is 6.42 Å². The summed E-state index contributed by atoms with van der Waals surface area (Å²) < 4.78 is 5.24. The zero-order valence-electron chi connectivity index (χ0n) is 11.3. The molecule has 3 N–H and O–H groups in total. The fourth-order valence-corrected chi connectivity index (χ4v) is 2.06. The molecule has 1 atom stereocenters. The molecule has 0 saturated heterocycles. The molecule has 1 aromatic heterocycles. The first-order chi connectivity index (χ1) is 10.2. The fourth-order valence-electron chi connectivity index (χ4n) is 2.06. The van der Waals surface area contributed by atoms with Crippen LogP contribution in [0.5, 0.6) is 5.75 Å². The van der Waals surface area contributed by atoms with E-state index in [4.69, 9.17) is 10.3 Å². The number of rotatable bonds is 4. The van der Waals surface area contributed by atoms with Gasteiger partial charge in [0.1, 0.15) is 11.8 Å². The standard InChI is InChI=1S/C16H15N3O2/c17-15(12-4-2-1-3-5-12)16-18-14(19-21-16)10-11-6-8-13(20)9-7-11/h1-9,15,20H,10,17H2/t15-/m1/s1. The number of hydrogen-bond donors (Lipinski definition) is 2. The lowest BCUT2D eigenvalue weighted by Gasteiger charge is -2.05. The van der Waals surface area contributed by atoms with Gasteiger partial charge in [0.05, 0.1) is 0 Å². The first kappa shape index (κ1) is 13.3. The maximum Gasteiger partial charge on any atom is 0.248 e. The summed E-state index contributed by atoms with van der Waals surface area (Å²) in [5.74, 6) is 1.20. The molecule has 0 amide bonds. The van der Waals surface area contributed by atoms with Crippen LogP contribution in [-0.4, -0.2) is 15.2 Å². The van der Waals surface area contributed by atoms with Crippen molar-refractivity contribution >= 4 is 0 Å². The Labute approximate surface area is 122 Å². The van der Waals surface area contributed by atoms with Crippen LogP contribution in [0.4, 0.5) is 0 Å². The van der Waals surface area contributed by atoms with E-state index in [1.807, 2.05) is 42.5 Å². The molecular weight excluding hydrogens is 266 g/mol. The maximum atomic E-state index is 9.26. The SMILES string of the molecule is N[C@H](c1ccccc1)c1nc(Cc2ccc(O)cc2)no1. The molecular formula is C16H15N3O2. The van der Waals surface area contributed by atoms with E-state index < -0.39 is 6.04 Å². The predicted octanol–water partition coefficient (Wildman–Crippen LogP) is 2.41. The quantitative estimate of drug-likeness (QED) is 0.767. The van der Waals surface area contributed by atoms with E-state index in [9.17, 15) is 5.11 Å². The van der Waals surface area contributed by atoms with E-state index in [0.717, 1.165) is 11.1 Å². The Morgan fingerprint density at radius 2 is 1.76 bits per heavy atom. The van der Waals surface area contributed by atoms with E-state index in [1.165, 1.54) is 0 Å². The zero-order valence-corrected chi connectivity index (χ0v) is 11.3. The lowest BCUT2D eigenvalue weighted by atomic mass is 10.1. The van der Waals surface area contributed by atoms with Gasteiger partial charge in [-0.2, -0.15) is 4.98 Å². The number of nitrogens with two attached hydrogens (primary N) is 1. The van der Waals surface area contributed by atoms with Crippen molar-refractivity contribution in [2.24, 2.45) is 5.73 Å². The van der Waals surface area contributed by atoms with Gasteiger partial charge < -0.3 is 15.4 Å². The Hall–Kier alpha value is -2.66. The summed E-state index contributed by atoms with van der Waals surface area (Å²) in [6.45, 7) is 0. The highest BCUT2D eigenvalue weighted by Gasteiger charge is 2.16. The van der Waals surface area contributed by atoms with E-state index >= 15 is 0 Å². The fraction of sp³-hybridized carbons (Fsp3) is 0.125. The average molecular weight is 281 g/mol. The summed E-state index contributed by atoms with van der Waals surface area (Å²) in [5, 5.41) is 13.2. The van der Waals surface area contributed by atoms with Gasteiger partial charge in [-0.15, -0.1) is 0 Å². The molecule has 21 heavy (non-hydrogen) atoms. The van der Waals surface area contributed by atoms with E-state index in [1.54, 1.807) is 12.1 Å². The molecule has 3 rings (SSSR count). The summed E-state index contributed by atoms with van der Waals surface area (Å²) >= 11 is 0. The molecule has 0 aliphatic carbocycles. The topological polar surface area (TPSA) is 85.2 Å². The molecule has 0 saturated carbocycles. The summed E-state index contributed by atoms with van der Waals surface area (Å²) in [6.07, 6.45) is 0.533. The Morgan fingerprint density at radius 1 is 1.05 bits per heavy atom. The lowest BCUT2D eigenvalue weighted by molar-refractivity contribution is 0.363. The molecule has 5 heteroatoms. The lowest BCUT2D eigenvalue weighted by Crippen LogP contribution is -2.12. The minimum Gasteiger partial charge on any atom is -0.508 e. The van der Waals surface area contributed by atoms with Gasteiger partial charge in [0.25, 0.3) is 0 Å². The highest BCUT2D eigenvalue weighted by atomic mass is 16.5. The molecule has 0 aliphatic rings. The third-order valence-electron chi connectivity index (χ3n) is 3.21. The number of benzene rings is 2. The minimum atomic E-state index is -0.424. The van der Waals surface area contributed by atoms with Crippen LogP contribution in [-0.2, 0) is 6.42 Å². The van der Waals surface area contributed by atoms with Crippen LogP contribution >= 0.6 is 0 Å². The van der Waals surface area contributed by atoms with Crippen molar-refractivity contribution in [3.63, 3.8) is 0 Å². The Morgan fingerprint density at radius 3 is 2.48 bits per heavy atom. The molecule has 2 aromatic carbocycles. The van der Waals surface area contributed by atoms with Crippen molar-refractivity contribution in [3.05, 3.63) is 77.4 Å². The van der Waals surface area contributed by atoms with E-state index in [2.05, 4.69) is 10.1 Å². The van der Waals surface area contributed by atoms with E-state index in [-0.39, 0.29) is 5.75 Å². The molecule has 0 radical (unpaired) electrons. The van der Waals surface area contributed by atoms with Crippen molar-refractivity contribution in [3.8, 4) is 5.75 Å². The molecule has 0 aliphatic heterocycles. The third-order valence-corrected chi connectivity index (χ3v) is 3.21. The number of nitrogens with zero attached hydrogens (tertiary/aromatic N) is 2. The Balaban J connectivity index is 1.75. The highest BCUT2D eigenvalue weighted by Crippen LogP contribution is 2.18. The second-order valence-corrected chi connectivity index (χ2v) is 4.78. The molecule has 106 valence electrons. The number of phenols is 1. The number of aromatic nitrogens is 2. The van der Waals surface area contributed by atoms with Crippen LogP contribution in [0.25, 0.3) is 0 Å². The normalized spacial score (nSPS) is 12.2. The van der Waals surface area contributed by atoms with Crippen molar-refractivity contribution in [2.45, 2.75) is 12.5 Å². The summed E-state index contributed by atoms with van der Waals surface area (Å²) in [6, 6.07) is 16.1. The van der Waals surface area contributed by atoms with Gasteiger partial charge in [-0.1, -0.05) is 47.6 Å². The first-order valence-electron chi connectivity index (χ1n) is 6.63. The van der Waals surface area contributed by atoms with Gasteiger partial charge in [-0.3, -0.25) is 0 Å². The third kappa shape index (κ3) is 3.09. The Bertz CT molecular complexity index is 708. The highest BCUT2D eigenvalue weighted by molar-refractivity contribution is 5.28. The molecule has 0 unspecified atom stereocenters. The number of aromatic hydroxyl groups is 1. The summed E-state index contributed by atoms with van der Waals surface area (Å²) in [5.41, 5.74) is 8.04. The van der Waals surface area contributed by atoms with Gasteiger partial charge in [0.2, 0.25) is 5.89 Å². The second-order valence-electron chi connectivity index (χ2n) is 4.78. The van der Waals surface area contributed by atoms with E-state index in [0.29, 0.717) is 18.1 Å². The molecule has 0 bridgehead atoms. The van der Waals surface area contributed by atoms with Crippen LogP contribution in [0.2, 0.25) is 0 Å². The minimum absolute atomic E-state index is 0.235. The smallest absolute Gasteiger partial charge is 0.248 e. The maximum absolute atomic E-state index is 9.26. The van der Waals surface area contributed by atoms with Crippen LogP contribution < -0.4 is 5.73 Å². The summed E-state index contributed by atoms with van der Waals surface area (Å²) in [7, 11) is 0. The van der Waals surface area contributed by atoms with Crippen molar-refractivity contribution in [2.75, 3.05) is 0 Å². The van der Waals surface area contributed by atoms with Gasteiger partial charge in [0.15, 0.2) is 5.82 Å². The molecule has 1 heterocycles. The van der Waals surface area contributed by atoms with Crippen molar-refractivity contribution in [1.82, 2.24) is 10.1 Å². The number of phenolic OH excluding ortho intramolecular Hbond substituents is 1. The van der Waals surface area contributed by atoms with Crippen LogP contribution in [0.3, 0.4) is 0 Å². The number of hydrogen-bond acceptors (Lipinski definition) is 5. The molecule has 5 nitrogen and oxygen atoms in total. The first-order valence-corrected chi connectivity index (χ1v) is 6.63. The second kappa shape index (κ2) is 5.76. The molecule has 3 aromatic rings. The predicted molar refractivity (Wildman–Crippen MR) is 77.7 cm³/mol. The van der Waals surface area contributed by atoms with Gasteiger partial charge in [-0.05, 0) is 23.3 Å². The molecule has 0 spiro atoms. The van der Waals surface area contributed by atoms with Crippen LogP contribution in [0.15, 0.2) is 59.1 Å². The van der Waals surface area contributed by atoms with Gasteiger partial charge in [-0.25, -0.2) is 0 Å². The Kier molecular flexibility index (Phi) is 3.66. The van der Waals surface area contributed by atoms with Crippen LogP contribution in [0, 0.1) is 0 Å². The average Bonchev–Trinajstić information content (AvgIpc) is 2.98. The van der Waals surface area contributed by atoms with Crippen molar-refractivity contribution < 1.29 is 9.63 Å². The van der Waals surface area contributed by atoms with Crippen molar-refractivity contribution in [1.29, 1.82) is 0 Å². The zero-order chi connectivity index (χ0) is 14.7. The molecule has 0 fully saturated rings. The monoisotopic (exact) mass is 281 g/mol. The van der Waals surface area contributed by atoms with Crippen LogP contribution in [0.1, 0.15) is 28.9 Å².